The first-order valence-corrected chi connectivity index (χ1v) is 11.1. The van der Waals surface area contributed by atoms with Gasteiger partial charge in [0.2, 0.25) is 5.78 Å². The van der Waals surface area contributed by atoms with Crippen LogP contribution < -0.4 is 9.47 Å². The molecule has 6 heteroatoms. The van der Waals surface area contributed by atoms with Gasteiger partial charge in [0, 0.05) is 67.1 Å². The largest absolute Gasteiger partial charge is 0.477 e. The summed E-state index contributed by atoms with van der Waals surface area (Å²) in [7, 11) is 1.71. The second-order valence-corrected chi connectivity index (χ2v) is 8.37. The molecule has 5 rings (SSSR count). The number of ether oxygens (including phenoxy) is 3. The fraction of sp³-hybridized carbons (Fsp3) is 0.346. The van der Waals surface area contributed by atoms with Gasteiger partial charge in [0.25, 0.3) is 0 Å². The first-order valence-electron chi connectivity index (χ1n) is 11.1. The maximum Gasteiger partial charge on any atom is 0.231 e. The first-order chi connectivity index (χ1) is 15.6. The Labute approximate surface area is 188 Å². The van der Waals surface area contributed by atoms with Crippen molar-refractivity contribution in [3.8, 4) is 11.5 Å². The summed E-state index contributed by atoms with van der Waals surface area (Å²) in [6.07, 6.45) is 4.89. The van der Waals surface area contributed by atoms with Gasteiger partial charge in [-0.3, -0.25) is 9.69 Å². The van der Waals surface area contributed by atoms with E-state index < -0.39 is 0 Å². The molecule has 0 unspecified atom stereocenters. The fourth-order valence-corrected chi connectivity index (χ4v) is 4.67. The Kier molecular flexibility index (Phi) is 5.49. The Morgan fingerprint density at radius 2 is 2.06 bits per heavy atom. The summed E-state index contributed by atoms with van der Waals surface area (Å²) in [5.41, 5.74) is 4.68. The smallest absolute Gasteiger partial charge is 0.231 e. The topological polar surface area (TPSA) is 52.9 Å². The van der Waals surface area contributed by atoms with Crippen LogP contribution in [0.1, 0.15) is 40.4 Å². The number of Topliss-reactive ketones (excluding diaryl/α,β-unsaturated/α-hetero) is 1. The zero-order valence-electron chi connectivity index (χ0n) is 18.8. The highest BCUT2D eigenvalue weighted by molar-refractivity contribution is 6.15. The molecule has 166 valence electrons. The molecular weight excluding hydrogens is 404 g/mol. The number of aromatic nitrogens is 1. The summed E-state index contributed by atoms with van der Waals surface area (Å²) in [6, 6.07) is 10.2. The molecule has 0 bridgehead atoms. The summed E-state index contributed by atoms with van der Waals surface area (Å²) < 4.78 is 19.5. The van der Waals surface area contributed by atoms with Crippen molar-refractivity contribution in [2.45, 2.75) is 33.4 Å². The Balaban J connectivity index is 1.47. The summed E-state index contributed by atoms with van der Waals surface area (Å²) in [6.45, 7) is 7.85. The molecule has 1 aromatic heterocycles. The molecule has 0 radical (unpaired) electrons. The number of aryl methyl sites for hydroxylation is 1. The number of carbonyl (C=O) groups is 1. The molecular formula is C26H28N2O4. The van der Waals surface area contributed by atoms with E-state index in [1.165, 1.54) is 0 Å². The van der Waals surface area contributed by atoms with Gasteiger partial charge in [-0.1, -0.05) is 18.2 Å². The van der Waals surface area contributed by atoms with E-state index in [-0.39, 0.29) is 5.78 Å². The minimum Gasteiger partial charge on any atom is -0.477 e. The molecule has 6 nitrogen and oxygen atoms in total. The third-order valence-corrected chi connectivity index (χ3v) is 6.27. The Morgan fingerprint density at radius 3 is 2.88 bits per heavy atom. The molecule has 2 aromatic carbocycles. The molecule has 0 fully saturated rings. The van der Waals surface area contributed by atoms with Gasteiger partial charge in [-0.15, -0.1) is 0 Å². The summed E-state index contributed by atoms with van der Waals surface area (Å²) in [5, 5.41) is 1.11. The lowest BCUT2D eigenvalue weighted by molar-refractivity contribution is 0.0826. The second kappa shape index (κ2) is 8.45. The van der Waals surface area contributed by atoms with Crippen LogP contribution in [0.3, 0.4) is 0 Å². The number of allylic oxidation sites excluding steroid dienone is 1. The molecule has 2 aliphatic rings. The zero-order chi connectivity index (χ0) is 22.2. The fourth-order valence-electron chi connectivity index (χ4n) is 4.67. The number of rotatable bonds is 6. The summed E-state index contributed by atoms with van der Waals surface area (Å²) in [5.74, 6) is 1.74. The molecule has 0 spiro atoms. The van der Waals surface area contributed by atoms with E-state index in [2.05, 4.69) is 34.7 Å². The van der Waals surface area contributed by atoms with Crippen LogP contribution in [-0.4, -0.2) is 42.2 Å². The van der Waals surface area contributed by atoms with Gasteiger partial charge in [0.15, 0.2) is 5.76 Å². The van der Waals surface area contributed by atoms with Crippen molar-refractivity contribution in [1.29, 1.82) is 0 Å². The van der Waals surface area contributed by atoms with E-state index in [0.717, 1.165) is 66.0 Å². The minimum absolute atomic E-state index is 0.0734. The standard InChI is InChI=1S/C26H28N2O4/c1-4-28-15-18(20-8-5-6-9-22(20)28)13-23-24(29)21-12-19-14-27(10-7-11-30-3)16-31-25(19)17(2)26(21)32-23/h5-6,8-9,12-13,15H,4,7,10-11,14,16H2,1-3H3/b23-13-. The van der Waals surface area contributed by atoms with Crippen LogP contribution in [0.5, 0.6) is 11.5 Å². The van der Waals surface area contributed by atoms with Gasteiger partial charge in [0.05, 0.1) is 5.56 Å². The van der Waals surface area contributed by atoms with Crippen molar-refractivity contribution in [3.63, 3.8) is 0 Å². The molecule has 0 saturated heterocycles. The number of methoxy groups -OCH3 is 1. The van der Waals surface area contributed by atoms with Crippen molar-refractivity contribution in [1.82, 2.24) is 9.47 Å². The van der Waals surface area contributed by atoms with Gasteiger partial charge >= 0.3 is 0 Å². The Hall–Kier alpha value is -3.09. The van der Waals surface area contributed by atoms with Crippen LogP contribution >= 0.6 is 0 Å². The number of para-hydroxylation sites is 1. The number of ketones is 1. The molecule has 2 aliphatic heterocycles. The van der Waals surface area contributed by atoms with E-state index in [9.17, 15) is 4.79 Å². The molecule has 3 heterocycles. The van der Waals surface area contributed by atoms with Crippen molar-refractivity contribution >= 4 is 22.8 Å². The van der Waals surface area contributed by atoms with Crippen LogP contribution in [0.25, 0.3) is 17.0 Å². The minimum atomic E-state index is -0.0734. The van der Waals surface area contributed by atoms with Crippen LogP contribution in [0.2, 0.25) is 0 Å². The monoisotopic (exact) mass is 432 g/mol. The number of nitrogens with zero attached hydrogens (tertiary/aromatic N) is 2. The Bertz CT molecular complexity index is 1220. The number of carbonyl (C=O) groups excluding carboxylic acids is 1. The number of benzene rings is 2. The maximum absolute atomic E-state index is 13.3. The molecule has 0 saturated carbocycles. The van der Waals surface area contributed by atoms with E-state index in [1.54, 1.807) is 7.11 Å². The predicted octanol–water partition coefficient (Wildman–Crippen LogP) is 4.77. The molecule has 32 heavy (non-hydrogen) atoms. The highest BCUT2D eigenvalue weighted by Crippen LogP contribution is 2.43. The first kappa shape index (κ1) is 20.8. The number of hydrogen-bond donors (Lipinski definition) is 0. The number of fused-ring (bicyclic) bond motifs is 3. The SMILES string of the molecule is CCn1cc(/C=C2\Oc3c(cc4c(c3C)OCN(CCCOC)C4)C2=O)c2ccccc21. The lowest BCUT2D eigenvalue weighted by Gasteiger charge is -2.30. The van der Waals surface area contributed by atoms with Crippen LogP contribution in [0.15, 0.2) is 42.3 Å². The van der Waals surface area contributed by atoms with E-state index >= 15 is 0 Å². The van der Waals surface area contributed by atoms with Crippen LogP contribution in [0.4, 0.5) is 0 Å². The van der Waals surface area contributed by atoms with Crippen LogP contribution in [0, 0.1) is 6.92 Å². The summed E-state index contributed by atoms with van der Waals surface area (Å²) in [4.78, 5) is 15.5. The average molecular weight is 433 g/mol. The van der Waals surface area contributed by atoms with Gasteiger partial charge < -0.3 is 18.8 Å². The predicted molar refractivity (Wildman–Crippen MR) is 124 cm³/mol. The van der Waals surface area contributed by atoms with Gasteiger partial charge in [-0.05, 0) is 38.5 Å². The lowest BCUT2D eigenvalue weighted by Crippen LogP contribution is -2.33. The molecule has 0 amide bonds. The number of hydrogen-bond acceptors (Lipinski definition) is 5. The van der Waals surface area contributed by atoms with E-state index in [4.69, 9.17) is 14.2 Å². The highest BCUT2D eigenvalue weighted by Gasteiger charge is 2.33. The average Bonchev–Trinajstić information content (AvgIpc) is 3.32. The molecule has 0 atom stereocenters. The third-order valence-electron chi connectivity index (χ3n) is 6.27. The van der Waals surface area contributed by atoms with Gasteiger partial charge in [-0.25, -0.2) is 0 Å². The summed E-state index contributed by atoms with van der Waals surface area (Å²) >= 11 is 0. The van der Waals surface area contributed by atoms with Crippen molar-refractivity contribution < 1.29 is 19.0 Å². The molecule has 3 aromatic rings. The quantitative estimate of drug-likeness (QED) is 0.415. The van der Waals surface area contributed by atoms with Gasteiger partial charge in [-0.2, -0.15) is 0 Å². The maximum atomic E-state index is 13.3. The van der Waals surface area contributed by atoms with E-state index in [0.29, 0.717) is 23.8 Å². The van der Waals surface area contributed by atoms with Crippen molar-refractivity contribution in [2.24, 2.45) is 0 Å². The van der Waals surface area contributed by atoms with Gasteiger partial charge in [0.1, 0.15) is 18.2 Å². The molecule has 0 aliphatic carbocycles. The normalized spacial score (nSPS) is 16.8. The highest BCUT2D eigenvalue weighted by atomic mass is 16.5. The Morgan fingerprint density at radius 1 is 1.22 bits per heavy atom. The van der Waals surface area contributed by atoms with Crippen molar-refractivity contribution in [2.75, 3.05) is 27.0 Å². The third kappa shape index (κ3) is 3.49. The van der Waals surface area contributed by atoms with E-state index in [1.807, 2.05) is 31.2 Å². The lowest BCUT2D eigenvalue weighted by atomic mass is 10.00. The zero-order valence-corrected chi connectivity index (χ0v) is 18.8. The van der Waals surface area contributed by atoms with Crippen molar-refractivity contribution in [3.05, 3.63) is 64.5 Å². The van der Waals surface area contributed by atoms with Crippen LogP contribution in [-0.2, 0) is 17.8 Å². The molecule has 0 N–H and O–H groups in total. The second-order valence-electron chi connectivity index (χ2n) is 8.37.